The maximum absolute atomic E-state index is 12.5. The number of nitrogens with one attached hydrogen (secondary N) is 1. The summed E-state index contributed by atoms with van der Waals surface area (Å²) in [6, 6.07) is 16.2. The first-order valence-corrected chi connectivity index (χ1v) is 8.70. The minimum absolute atomic E-state index is 0.0696. The van der Waals surface area contributed by atoms with Crippen LogP contribution in [-0.2, 0) is 4.79 Å². The Hall–Kier alpha value is -3.08. The lowest BCUT2D eigenvalue weighted by atomic mass is 9.92. The summed E-state index contributed by atoms with van der Waals surface area (Å²) >= 11 is 0. The van der Waals surface area contributed by atoms with Crippen molar-refractivity contribution in [1.29, 1.82) is 0 Å². The summed E-state index contributed by atoms with van der Waals surface area (Å²) in [4.78, 5) is 19.3. The molecule has 26 heavy (non-hydrogen) atoms. The predicted molar refractivity (Wildman–Crippen MR) is 106 cm³/mol. The minimum Gasteiger partial charge on any atom is -0.378 e. The number of allylic oxidation sites excluding steroid dienone is 2. The first-order chi connectivity index (χ1) is 12.5. The summed E-state index contributed by atoms with van der Waals surface area (Å²) in [5.41, 5.74) is 5.78. The molecule has 0 fully saturated rings. The predicted octanol–water partition coefficient (Wildman–Crippen LogP) is 3.98. The largest absolute Gasteiger partial charge is 0.378 e. The number of anilines is 2. The molecule has 0 unspecified atom stereocenters. The molecular formula is C21H22N4O. The van der Waals surface area contributed by atoms with Crippen molar-refractivity contribution in [2.24, 2.45) is 0 Å². The lowest BCUT2D eigenvalue weighted by molar-refractivity contribution is -0.114. The Kier molecular flexibility index (Phi) is 3.80. The maximum atomic E-state index is 12.5. The molecular weight excluding hydrogens is 324 g/mol. The van der Waals surface area contributed by atoms with Gasteiger partial charge in [-0.25, -0.2) is 4.98 Å². The van der Waals surface area contributed by atoms with E-state index < -0.39 is 0 Å². The van der Waals surface area contributed by atoms with Crippen LogP contribution in [0.25, 0.3) is 11.0 Å². The molecule has 1 N–H and O–H groups in total. The number of benzene rings is 2. The van der Waals surface area contributed by atoms with E-state index in [1.165, 1.54) is 0 Å². The Morgan fingerprint density at radius 1 is 1.12 bits per heavy atom. The lowest BCUT2D eigenvalue weighted by Crippen LogP contribution is -2.27. The molecule has 1 aliphatic rings. The van der Waals surface area contributed by atoms with Crippen molar-refractivity contribution in [2.75, 3.05) is 24.3 Å². The van der Waals surface area contributed by atoms with E-state index in [1.807, 2.05) is 45.3 Å². The molecule has 1 aliphatic heterocycles. The number of ketones is 1. The zero-order valence-electron chi connectivity index (χ0n) is 15.4. The van der Waals surface area contributed by atoms with Gasteiger partial charge in [-0.05, 0) is 43.7 Å². The van der Waals surface area contributed by atoms with Crippen molar-refractivity contribution < 1.29 is 4.79 Å². The number of carbonyl (C=O) groups excluding carboxylic acids is 1. The second kappa shape index (κ2) is 6.02. The van der Waals surface area contributed by atoms with Gasteiger partial charge in [0.1, 0.15) is 0 Å². The van der Waals surface area contributed by atoms with E-state index in [4.69, 9.17) is 4.98 Å². The monoisotopic (exact) mass is 346 g/mol. The van der Waals surface area contributed by atoms with E-state index >= 15 is 0 Å². The summed E-state index contributed by atoms with van der Waals surface area (Å²) in [7, 11) is 4.04. The van der Waals surface area contributed by atoms with Gasteiger partial charge in [-0.15, -0.1) is 0 Å². The number of Topliss-reactive ketones (excluding diaryl/α,β-unsaturated/α-hetero) is 1. The van der Waals surface area contributed by atoms with Crippen LogP contribution in [-0.4, -0.2) is 29.4 Å². The van der Waals surface area contributed by atoms with Gasteiger partial charge in [-0.3, -0.25) is 9.36 Å². The average Bonchev–Trinajstić information content (AvgIpc) is 2.98. The highest BCUT2D eigenvalue weighted by Gasteiger charge is 2.32. The number of hydrogen-bond donors (Lipinski definition) is 1. The SMILES string of the molecule is CC(=O)C1=C(C)Nc2nc3ccccc3n2[C@H]1c1ccc(N(C)C)cc1. The second-order valence-corrected chi connectivity index (χ2v) is 6.90. The number of para-hydroxylation sites is 2. The number of aromatic nitrogens is 2. The van der Waals surface area contributed by atoms with Gasteiger partial charge in [0, 0.05) is 31.1 Å². The van der Waals surface area contributed by atoms with Crippen LogP contribution < -0.4 is 10.2 Å². The highest BCUT2D eigenvalue weighted by atomic mass is 16.1. The Morgan fingerprint density at radius 3 is 2.46 bits per heavy atom. The fraction of sp³-hybridized carbons (Fsp3) is 0.238. The van der Waals surface area contributed by atoms with E-state index in [1.54, 1.807) is 6.92 Å². The molecule has 0 bridgehead atoms. The molecule has 0 radical (unpaired) electrons. The molecule has 0 aliphatic carbocycles. The fourth-order valence-corrected chi connectivity index (χ4v) is 3.69. The Labute approximate surface area is 153 Å². The summed E-state index contributed by atoms with van der Waals surface area (Å²) < 4.78 is 2.13. The van der Waals surface area contributed by atoms with Crippen molar-refractivity contribution in [2.45, 2.75) is 19.9 Å². The molecule has 132 valence electrons. The van der Waals surface area contributed by atoms with Crippen LogP contribution in [0.1, 0.15) is 25.5 Å². The molecule has 0 amide bonds. The third-order valence-electron chi connectivity index (χ3n) is 4.94. The molecule has 1 aromatic heterocycles. The Bertz CT molecular complexity index is 1030. The van der Waals surface area contributed by atoms with Crippen molar-refractivity contribution >= 4 is 28.5 Å². The Morgan fingerprint density at radius 2 is 1.81 bits per heavy atom. The molecule has 3 aromatic rings. The van der Waals surface area contributed by atoms with E-state index in [0.29, 0.717) is 0 Å². The molecule has 0 saturated heterocycles. The van der Waals surface area contributed by atoms with Gasteiger partial charge in [0.2, 0.25) is 5.95 Å². The molecule has 5 nitrogen and oxygen atoms in total. The van der Waals surface area contributed by atoms with Gasteiger partial charge in [0.25, 0.3) is 0 Å². The smallest absolute Gasteiger partial charge is 0.209 e. The van der Waals surface area contributed by atoms with Gasteiger partial charge in [0.15, 0.2) is 5.78 Å². The summed E-state index contributed by atoms with van der Waals surface area (Å²) in [6.45, 7) is 3.58. The van der Waals surface area contributed by atoms with Crippen LogP contribution in [0.3, 0.4) is 0 Å². The molecule has 0 spiro atoms. The third-order valence-corrected chi connectivity index (χ3v) is 4.94. The molecule has 1 atom stereocenters. The van der Waals surface area contributed by atoms with Crippen molar-refractivity contribution in [3.05, 3.63) is 65.4 Å². The molecule has 4 rings (SSSR count). The molecule has 2 aromatic carbocycles. The van der Waals surface area contributed by atoms with E-state index in [2.05, 4.69) is 39.0 Å². The van der Waals surface area contributed by atoms with Crippen molar-refractivity contribution in [3.8, 4) is 0 Å². The number of nitrogens with zero attached hydrogens (tertiary/aromatic N) is 3. The van der Waals surface area contributed by atoms with Gasteiger partial charge in [0.05, 0.1) is 17.1 Å². The van der Waals surface area contributed by atoms with Gasteiger partial charge >= 0.3 is 0 Å². The fourth-order valence-electron chi connectivity index (χ4n) is 3.69. The van der Waals surface area contributed by atoms with Crippen molar-refractivity contribution in [1.82, 2.24) is 9.55 Å². The Balaban J connectivity index is 1.96. The lowest BCUT2D eigenvalue weighted by Gasteiger charge is -2.30. The van der Waals surface area contributed by atoms with Gasteiger partial charge < -0.3 is 10.2 Å². The van der Waals surface area contributed by atoms with Crippen LogP contribution in [0.2, 0.25) is 0 Å². The third kappa shape index (κ3) is 2.47. The first kappa shape index (κ1) is 16.4. The second-order valence-electron chi connectivity index (χ2n) is 6.90. The first-order valence-electron chi connectivity index (χ1n) is 8.70. The van der Waals surface area contributed by atoms with Crippen molar-refractivity contribution in [3.63, 3.8) is 0 Å². The summed E-state index contributed by atoms with van der Waals surface area (Å²) in [5, 5.41) is 3.31. The van der Waals surface area contributed by atoms with E-state index in [9.17, 15) is 4.79 Å². The van der Waals surface area contributed by atoms with E-state index in [-0.39, 0.29) is 11.8 Å². The topological polar surface area (TPSA) is 50.2 Å². The van der Waals surface area contributed by atoms with Gasteiger partial charge in [-0.2, -0.15) is 0 Å². The summed E-state index contributed by atoms with van der Waals surface area (Å²) in [5.74, 6) is 0.843. The van der Waals surface area contributed by atoms with Crippen LogP contribution in [0.15, 0.2) is 59.8 Å². The minimum atomic E-state index is -0.188. The molecule has 5 heteroatoms. The number of fused-ring (bicyclic) bond motifs is 3. The summed E-state index contributed by atoms with van der Waals surface area (Å²) in [6.07, 6.45) is 0. The maximum Gasteiger partial charge on any atom is 0.209 e. The molecule has 2 heterocycles. The van der Waals surface area contributed by atoms with Gasteiger partial charge in [-0.1, -0.05) is 24.3 Å². The zero-order valence-corrected chi connectivity index (χ0v) is 15.4. The highest BCUT2D eigenvalue weighted by molar-refractivity contribution is 5.97. The standard InChI is InChI=1S/C21H22N4O/c1-13-19(14(2)26)20(15-9-11-16(12-10-15)24(3)4)25-18-8-6-5-7-17(18)23-21(25)22-13/h5-12,20H,1-4H3,(H,22,23)/t20-/m0/s1. The zero-order chi connectivity index (χ0) is 18.4. The average molecular weight is 346 g/mol. The highest BCUT2D eigenvalue weighted by Crippen LogP contribution is 2.39. The molecule has 0 saturated carbocycles. The normalized spacial score (nSPS) is 16.4. The quantitative estimate of drug-likeness (QED) is 0.779. The van der Waals surface area contributed by atoms with Crippen LogP contribution in [0.5, 0.6) is 0 Å². The number of rotatable bonds is 3. The van der Waals surface area contributed by atoms with Crippen LogP contribution in [0, 0.1) is 0 Å². The number of hydrogen-bond acceptors (Lipinski definition) is 4. The van der Waals surface area contributed by atoms with E-state index in [0.717, 1.165) is 39.5 Å². The number of imidazole rings is 1. The van der Waals surface area contributed by atoms with Crippen LogP contribution >= 0.6 is 0 Å². The van der Waals surface area contributed by atoms with Crippen LogP contribution in [0.4, 0.5) is 11.6 Å². The number of carbonyl (C=O) groups is 1.